The summed E-state index contributed by atoms with van der Waals surface area (Å²) in [6.07, 6.45) is 0.150. The van der Waals surface area contributed by atoms with Gasteiger partial charge in [0.2, 0.25) is 0 Å². The number of halogens is 1. The molecule has 2 rings (SSSR count). The van der Waals surface area contributed by atoms with Crippen LogP contribution in [0.5, 0.6) is 0 Å². The van der Waals surface area contributed by atoms with Crippen molar-refractivity contribution >= 4 is 16.1 Å². The molecule has 1 saturated heterocycles. The Kier molecular flexibility index (Phi) is 4.25. The molecule has 11 heteroatoms. The number of carbonyl (C=O) groups excluding carboxylic acids is 1. The maximum atomic E-state index is 13.6. The minimum absolute atomic E-state index is 0.0215. The molecule has 21 heavy (non-hydrogen) atoms. The SMILES string of the molecule is CN(C)S(=O)(=O)N1C[C@@H](F)C[C@H]1Cn1cc(C(N)=O)nn1. The summed E-state index contributed by atoms with van der Waals surface area (Å²) in [5.41, 5.74) is 5.04. The fourth-order valence-corrected chi connectivity index (χ4v) is 3.51. The summed E-state index contributed by atoms with van der Waals surface area (Å²) in [5, 5.41) is 7.26. The van der Waals surface area contributed by atoms with E-state index in [1.807, 2.05) is 0 Å². The van der Waals surface area contributed by atoms with Crippen LogP contribution in [0.15, 0.2) is 6.20 Å². The van der Waals surface area contributed by atoms with Crippen molar-refractivity contribution in [2.24, 2.45) is 5.73 Å². The van der Waals surface area contributed by atoms with Gasteiger partial charge in [-0.05, 0) is 6.42 Å². The first-order valence-electron chi connectivity index (χ1n) is 6.25. The van der Waals surface area contributed by atoms with E-state index in [9.17, 15) is 17.6 Å². The largest absolute Gasteiger partial charge is 0.364 e. The van der Waals surface area contributed by atoms with E-state index in [-0.39, 0.29) is 25.2 Å². The number of rotatable bonds is 5. The van der Waals surface area contributed by atoms with Crippen LogP contribution >= 0.6 is 0 Å². The molecule has 0 bridgehead atoms. The maximum Gasteiger partial charge on any atom is 0.281 e. The zero-order valence-corrected chi connectivity index (χ0v) is 12.5. The topological polar surface area (TPSA) is 114 Å². The van der Waals surface area contributed by atoms with Gasteiger partial charge in [0.25, 0.3) is 16.1 Å². The normalized spacial score (nSPS) is 23.8. The summed E-state index contributed by atoms with van der Waals surface area (Å²) in [6, 6.07) is -0.588. The van der Waals surface area contributed by atoms with Gasteiger partial charge >= 0.3 is 0 Å². The Hall–Kier alpha value is -1.59. The maximum absolute atomic E-state index is 13.6. The van der Waals surface area contributed by atoms with Crippen molar-refractivity contribution in [3.05, 3.63) is 11.9 Å². The van der Waals surface area contributed by atoms with Crippen LogP contribution in [0.1, 0.15) is 16.9 Å². The molecule has 9 nitrogen and oxygen atoms in total. The smallest absolute Gasteiger partial charge is 0.281 e. The van der Waals surface area contributed by atoms with Crippen molar-refractivity contribution in [1.29, 1.82) is 0 Å². The minimum atomic E-state index is -3.71. The molecule has 1 aliphatic heterocycles. The van der Waals surface area contributed by atoms with Crippen LogP contribution in [-0.2, 0) is 16.8 Å². The van der Waals surface area contributed by atoms with Crippen molar-refractivity contribution in [2.75, 3.05) is 20.6 Å². The molecule has 0 radical (unpaired) electrons. The van der Waals surface area contributed by atoms with E-state index in [1.54, 1.807) is 0 Å². The Morgan fingerprint density at radius 3 is 2.76 bits per heavy atom. The molecule has 2 N–H and O–H groups in total. The third kappa shape index (κ3) is 3.19. The van der Waals surface area contributed by atoms with Crippen molar-refractivity contribution in [2.45, 2.75) is 25.2 Å². The Labute approximate surface area is 121 Å². The zero-order chi connectivity index (χ0) is 15.8. The van der Waals surface area contributed by atoms with Crippen LogP contribution in [0, 0.1) is 0 Å². The van der Waals surface area contributed by atoms with Gasteiger partial charge in [0.15, 0.2) is 5.69 Å². The monoisotopic (exact) mass is 320 g/mol. The Bertz CT molecular complexity index is 630. The standard InChI is InChI=1S/C10H17FN6O3S/c1-15(2)21(19,20)17-4-7(11)3-8(17)5-16-6-9(10(12)18)13-14-16/h6-8H,3-5H2,1-2H3,(H2,12,18)/t7-,8-/m0/s1. The predicted molar refractivity (Wildman–Crippen MR) is 71.2 cm³/mol. The lowest BCUT2D eigenvalue weighted by Crippen LogP contribution is -2.44. The second-order valence-corrected chi connectivity index (χ2v) is 7.13. The van der Waals surface area contributed by atoms with E-state index >= 15 is 0 Å². The van der Waals surface area contributed by atoms with Gasteiger partial charge in [-0.25, -0.2) is 4.39 Å². The first kappa shape index (κ1) is 15.8. The second kappa shape index (κ2) is 5.66. The van der Waals surface area contributed by atoms with E-state index < -0.39 is 28.3 Å². The number of alkyl halides is 1. The number of nitrogens with two attached hydrogens (primary N) is 1. The van der Waals surface area contributed by atoms with E-state index in [2.05, 4.69) is 10.3 Å². The van der Waals surface area contributed by atoms with Crippen LogP contribution < -0.4 is 5.73 Å². The summed E-state index contributed by atoms with van der Waals surface area (Å²) < 4.78 is 41.4. The zero-order valence-electron chi connectivity index (χ0n) is 11.7. The summed E-state index contributed by atoms with van der Waals surface area (Å²) in [5.74, 6) is -0.728. The van der Waals surface area contributed by atoms with Crippen LogP contribution in [0.3, 0.4) is 0 Å². The fraction of sp³-hybridized carbons (Fsp3) is 0.700. The summed E-state index contributed by atoms with van der Waals surface area (Å²) in [4.78, 5) is 10.9. The summed E-state index contributed by atoms with van der Waals surface area (Å²) >= 11 is 0. The Morgan fingerprint density at radius 2 is 2.24 bits per heavy atom. The second-order valence-electron chi connectivity index (χ2n) is 5.04. The quantitative estimate of drug-likeness (QED) is 0.716. The lowest BCUT2D eigenvalue weighted by atomic mass is 10.2. The molecule has 1 fully saturated rings. The predicted octanol–water partition coefficient (Wildman–Crippen LogP) is -1.40. The van der Waals surface area contributed by atoms with Gasteiger partial charge in [-0.3, -0.25) is 9.48 Å². The highest BCUT2D eigenvalue weighted by molar-refractivity contribution is 7.86. The first-order valence-corrected chi connectivity index (χ1v) is 7.65. The van der Waals surface area contributed by atoms with Crippen LogP contribution in [0.4, 0.5) is 4.39 Å². The molecular formula is C10H17FN6O3S. The molecule has 2 atom stereocenters. The average molecular weight is 320 g/mol. The van der Waals surface area contributed by atoms with Gasteiger partial charge in [-0.15, -0.1) is 5.10 Å². The first-order chi connectivity index (χ1) is 9.71. The summed E-state index contributed by atoms with van der Waals surface area (Å²) in [7, 11) is -0.940. The molecule has 1 aromatic rings. The van der Waals surface area contributed by atoms with Gasteiger partial charge in [0.05, 0.1) is 12.7 Å². The molecule has 0 saturated carbocycles. The molecular weight excluding hydrogens is 303 g/mol. The highest BCUT2D eigenvalue weighted by Gasteiger charge is 2.41. The van der Waals surface area contributed by atoms with E-state index in [1.165, 1.54) is 25.0 Å². The number of amides is 1. The van der Waals surface area contributed by atoms with Gasteiger partial charge < -0.3 is 5.73 Å². The van der Waals surface area contributed by atoms with Gasteiger partial charge in [0.1, 0.15) is 6.17 Å². The minimum Gasteiger partial charge on any atom is -0.364 e. The average Bonchev–Trinajstić information content (AvgIpc) is 2.96. The van der Waals surface area contributed by atoms with Crippen molar-refractivity contribution in [3.63, 3.8) is 0 Å². The molecule has 118 valence electrons. The molecule has 0 unspecified atom stereocenters. The molecule has 1 amide bonds. The number of hydrogen-bond donors (Lipinski definition) is 1. The van der Waals surface area contributed by atoms with Crippen LogP contribution in [0.25, 0.3) is 0 Å². The molecule has 1 aromatic heterocycles. The van der Waals surface area contributed by atoms with Crippen molar-refractivity contribution < 1.29 is 17.6 Å². The van der Waals surface area contributed by atoms with Gasteiger partial charge in [-0.2, -0.15) is 17.0 Å². The van der Waals surface area contributed by atoms with Crippen LogP contribution in [-0.4, -0.2) is 70.8 Å². The summed E-state index contributed by atoms with van der Waals surface area (Å²) in [6.45, 7) is -0.0870. The number of hydrogen-bond acceptors (Lipinski definition) is 5. The van der Waals surface area contributed by atoms with Gasteiger partial charge in [0, 0.05) is 26.7 Å². The van der Waals surface area contributed by atoms with Crippen LogP contribution in [0.2, 0.25) is 0 Å². The third-order valence-corrected chi connectivity index (χ3v) is 5.22. The van der Waals surface area contributed by atoms with Crippen molar-refractivity contribution in [1.82, 2.24) is 23.6 Å². The highest BCUT2D eigenvalue weighted by Crippen LogP contribution is 2.25. The highest BCUT2D eigenvalue weighted by atomic mass is 32.2. The number of primary amides is 1. The van der Waals surface area contributed by atoms with E-state index in [0.29, 0.717) is 0 Å². The third-order valence-electron chi connectivity index (χ3n) is 3.26. The molecule has 0 spiro atoms. The van der Waals surface area contributed by atoms with E-state index in [4.69, 9.17) is 5.73 Å². The fourth-order valence-electron chi connectivity index (χ4n) is 2.21. The molecule has 1 aliphatic rings. The Balaban J connectivity index is 2.18. The molecule has 2 heterocycles. The molecule has 0 aliphatic carbocycles. The van der Waals surface area contributed by atoms with Gasteiger partial charge in [-0.1, -0.05) is 5.21 Å². The van der Waals surface area contributed by atoms with Crippen molar-refractivity contribution in [3.8, 4) is 0 Å². The number of nitrogens with zero attached hydrogens (tertiary/aromatic N) is 5. The number of aromatic nitrogens is 3. The Morgan fingerprint density at radius 1 is 1.57 bits per heavy atom. The molecule has 0 aromatic carbocycles. The van der Waals surface area contributed by atoms with E-state index in [0.717, 1.165) is 8.61 Å². The number of carbonyl (C=O) groups is 1. The lowest BCUT2D eigenvalue weighted by molar-refractivity contribution is 0.0995. The lowest BCUT2D eigenvalue weighted by Gasteiger charge is -2.26.